The Hall–Kier alpha value is -3.55. The van der Waals surface area contributed by atoms with Crippen molar-refractivity contribution >= 4 is 23.5 Å². The van der Waals surface area contributed by atoms with E-state index >= 15 is 0 Å². The number of nitrogens with one attached hydrogen (secondary N) is 2. The number of carbonyl (C=O) groups excluding carboxylic acids is 1. The van der Waals surface area contributed by atoms with Gasteiger partial charge in [-0.15, -0.1) is 0 Å². The van der Waals surface area contributed by atoms with E-state index in [1.54, 1.807) is 18.2 Å². The van der Waals surface area contributed by atoms with Gasteiger partial charge in [0, 0.05) is 29.4 Å². The number of fused-ring (bicyclic) bond motifs is 1. The molecular formula is C22H17F3N4O. The van der Waals surface area contributed by atoms with Crippen LogP contribution in [0.25, 0.3) is 11.3 Å². The second kappa shape index (κ2) is 7.70. The number of Topliss-reactive ketones (excluding diaryl/α,β-unsaturated/α-hetero) is 1. The molecule has 2 N–H and O–H groups in total. The summed E-state index contributed by atoms with van der Waals surface area (Å²) in [4.78, 5) is 20.3. The van der Waals surface area contributed by atoms with E-state index in [-0.39, 0.29) is 11.6 Å². The molecule has 3 aromatic rings. The summed E-state index contributed by atoms with van der Waals surface area (Å²) in [5.74, 6) is 0.0272. The van der Waals surface area contributed by atoms with E-state index in [0.29, 0.717) is 34.6 Å². The number of rotatable bonds is 4. The van der Waals surface area contributed by atoms with Gasteiger partial charge in [0.1, 0.15) is 17.2 Å². The van der Waals surface area contributed by atoms with Crippen molar-refractivity contribution in [2.75, 3.05) is 5.32 Å². The number of carbonyl (C=O) groups is 1. The van der Waals surface area contributed by atoms with Crippen LogP contribution in [0, 0.1) is 5.41 Å². The number of ketones is 1. The van der Waals surface area contributed by atoms with Crippen molar-refractivity contribution in [1.29, 1.82) is 5.41 Å². The fourth-order valence-electron chi connectivity index (χ4n) is 3.40. The van der Waals surface area contributed by atoms with Gasteiger partial charge in [-0.2, -0.15) is 13.2 Å². The van der Waals surface area contributed by atoms with E-state index in [9.17, 15) is 18.0 Å². The van der Waals surface area contributed by atoms with E-state index in [0.717, 1.165) is 30.7 Å². The number of anilines is 2. The third-order valence-electron chi connectivity index (χ3n) is 4.90. The van der Waals surface area contributed by atoms with Gasteiger partial charge in [0.15, 0.2) is 5.78 Å². The van der Waals surface area contributed by atoms with Gasteiger partial charge in [-0.3, -0.25) is 4.79 Å². The van der Waals surface area contributed by atoms with E-state index in [1.807, 2.05) is 12.1 Å². The van der Waals surface area contributed by atoms with Gasteiger partial charge >= 0.3 is 6.18 Å². The molecule has 2 heterocycles. The molecule has 1 aliphatic rings. The molecule has 8 heteroatoms. The van der Waals surface area contributed by atoms with Crippen molar-refractivity contribution in [2.24, 2.45) is 0 Å². The van der Waals surface area contributed by atoms with Crippen LogP contribution in [-0.4, -0.2) is 22.0 Å². The lowest BCUT2D eigenvalue weighted by Crippen LogP contribution is -2.13. The molecule has 0 unspecified atom stereocenters. The number of benzene rings is 1. The van der Waals surface area contributed by atoms with Gasteiger partial charge in [0.25, 0.3) is 0 Å². The zero-order valence-electron chi connectivity index (χ0n) is 15.8. The van der Waals surface area contributed by atoms with Crippen molar-refractivity contribution in [1.82, 2.24) is 9.97 Å². The molecule has 0 spiro atoms. The van der Waals surface area contributed by atoms with Crippen LogP contribution in [0.15, 0.2) is 48.5 Å². The number of pyridine rings is 2. The molecule has 152 valence electrons. The van der Waals surface area contributed by atoms with Crippen LogP contribution < -0.4 is 5.32 Å². The molecule has 4 rings (SSSR count). The fourth-order valence-corrected chi connectivity index (χ4v) is 3.40. The number of halogens is 3. The molecule has 30 heavy (non-hydrogen) atoms. The number of aryl methyl sites for hydroxylation is 1. The van der Waals surface area contributed by atoms with E-state index in [4.69, 9.17) is 5.41 Å². The van der Waals surface area contributed by atoms with Crippen molar-refractivity contribution in [3.8, 4) is 11.3 Å². The summed E-state index contributed by atoms with van der Waals surface area (Å²) in [6.07, 6.45) is -1.34. The van der Waals surface area contributed by atoms with E-state index < -0.39 is 11.9 Å². The van der Waals surface area contributed by atoms with Gasteiger partial charge in [0.05, 0.1) is 5.69 Å². The van der Waals surface area contributed by atoms with Crippen LogP contribution in [0.5, 0.6) is 0 Å². The van der Waals surface area contributed by atoms with Gasteiger partial charge in [-0.1, -0.05) is 24.3 Å². The molecule has 0 atom stereocenters. The molecule has 0 saturated heterocycles. The van der Waals surface area contributed by atoms with Crippen LogP contribution >= 0.6 is 0 Å². The highest BCUT2D eigenvalue weighted by Gasteiger charge is 2.32. The molecule has 0 saturated carbocycles. The highest BCUT2D eigenvalue weighted by atomic mass is 19.4. The first-order valence-electron chi connectivity index (χ1n) is 9.34. The minimum absolute atomic E-state index is 0.0126. The van der Waals surface area contributed by atoms with Crippen molar-refractivity contribution in [3.05, 3.63) is 71.0 Å². The minimum Gasteiger partial charge on any atom is -0.340 e. The molecule has 0 aliphatic heterocycles. The number of hydrogen-bond donors (Lipinski definition) is 2. The molecule has 0 bridgehead atoms. The van der Waals surface area contributed by atoms with Crippen molar-refractivity contribution in [2.45, 2.75) is 25.4 Å². The first-order chi connectivity index (χ1) is 14.3. The predicted octanol–water partition coefficient (Wildman–Crippen LogP) is 5.42. The smallest absolute Gasteiger partial charge is 0.340 e. The average Bonchev–Trinajstić information content (AvgIpc) is 2.73. The summed E-state index contributed by atoms with van der Waals surface area (Å²) in [6.45, 7) is 0. The monoisotopic (exact) mass is 410 g/mol. The number of hydrogen-bond acceptors (Lipinski definition) is 5. The minimum atomic E-state index is -4.55. The maximum Gasteiger partial charge on any atom is 0.433 e. The Morgan fingerprint density at radius 2 is 1.87 bits per heavy atom. The van der Waals surface area contributed by atoms with Crippen LogP contribution in [-0.2, 0) is 12.6 Å². The second-order valence-corrected chi connectivity index (χ2v) is 6.96. The molecular weight excluding hydrogens is 393 g/mol. The van der Waals surface area contributed by atoms with Gasteiger partial charge in [-0.05, 0) is 42.7 Å². The Morgan fingerprint density at radius 1 is 1.03 bits per heavy atom. The third kappa shape index (κ3) is 3.94. The fraction of sp³-hybridized carbons (Fsp3) is 0.182. The number of nitrogens with zero attached hydrogens (tertiary/aromatic N) is 2. The topological polar surface area (TPSA) is 78.7 Å². The number of aromatic nitrogens is 2. The predicted molar refractivity (Wildman–Crippen MR) is 107 cm³/mol. The Morgan fingerprint density at radius 3 is 2.63 bits per heavy atom. The molecule has 2 aromatic heterocycles. The highest BCUT2D eigenvalue weighted by molar-refractivity contribution is 5.97. The zero-order valence-corrected chi connectivity index (χ0v) is 15.8. The Kier molecular flexibility index (Phi) is 5.07. The SMILES string of the molecule is N=Cc1ccc(-c2ccc3c(n2)C(=O)CCC3)cc1Nc1cccc(C(F)(F)F)n1. The van der Waals surface area contributed by atoms with Gasteiger partial charge in [-0.25, -0.2) is 9.97 Å². The highest BCUT2D eigenvalue weighted by Crippen LogP contribution is 2.31. The zero-order chi connectivity index (χ0) is 21.3. The van der Waals surface area contributed by atoms with E-state index in [2.05, 4.69) is 15.3 Å². The molecule has 0 fully saturated rings. The maximum absolute atomic E-state index is 12.9. The van der Waals surface area contributed by atoms with Crippen LogP contribution in [0.1, 0.15) is 40.2 Å². The molecule has 1 aromatic carbocycles. The molecule has 0 radical (unpaired) electrons. The quantitative estimate of drug-likeness (QED) is 0.563. The van der Waals surface area contributed by atoms with Crippen LogP contribution in [0.4, 0.5) is 24.7 Å². The standard InChI is InChI=1S/C22H17F3N4O/c23-22(24,25)19-5-2-6-20(29-19)27-17-11-14(7-8-15(17)12-26)16-10-9-13-3-1-4-18(30)21(13)28-16/h2,5-12,26H,1,3-4H2,(H,27,29). The largest absolute Gasteiger partial charge is 0.433 e. The Bertz CT molecular complexity index is 1140. The lowest BCUT2D eigenvalue weighted by atomic mass is 9.94. The van der Waals surface area contributed by atoms with Crippen molar-refractivity contribution in [3.63, 3.8) is 0 Å². The van der Waals surface area contributed by atoms with E-state index in [1.165, 1.54) is 12.1 Å². The number of alkyl halides is 3. The summed E-state index contributed by atoms with van der Waals surface area (Å²) in [5.41, 5.74) is 2.56. The third-order valence-corrected chi connectivity index (χ3v) is 4.90. The molecule has 0 amide bonds. The summed E-state index contributed by atoms with van der Waals surface area (Å²) in [7, 11) is 0. The second-order valence-electron chi connectivity index (χ2n) is 6.96. The van der Waals surface area contributed by atoms with Crippen LogP contribution in [0.3, 0.4) is 0 Å². The lowest BCUT2D eigenvalue weighted by Gasteiger charge is -2.16. The summed E-state index contributed by atoms with van der Waals surface area (Å²) in [6, 6.07) is 12.4. The summed E-state index contributed by atoms with van der Waals surface area (Å²) in [5, 5.41) is 10.5. The first-order valence-corrected chi connectivity index (χ1v) is 9.34. The summed E-state index contributed by atoms with van der Waals surface area (Å²) < 4.78 is 38.8. The normalized spacial score (nSPS) is 13.6. The van der Waals surface area contributed by atoms with Crippen LogP contribution in [0.2, 0.25) is 0 Å². The maximum atomic E-state index is 12.9. The van der Waals surface area contributed by atoms with Gasteiger partial charge < -0.3 is 10.7 Å². The Labute approximate surface area is 170 Å². The van der Waals surface area contributed by atoms with Gasteiger partial charge in [0.2, 0.25) is 0 Å². The molecule has 5 nitrogen and oxygen atoms in total. The summed E-state index contributed by atoms with van der Waals surface area (Å²) >= 11 is 0. The van der Waals surface area contributed by atoms with Crippen molar-refractivity contribution < 1.29 is 18.0 Å². The Balaban J connectivity index is 1.71. The first kappa shape index (κ1) is 19.8. The lowest BCUT2D eigenvalue weighted by molar-refractivity contribution is -0.141. The average molecular weight is 410 g/mol. The molecule has 1 aliphatic carbocycles.